The van der Waals surface area contributed by atoms with Gasteiger partial charge in [-0.25, -0.2) is 4.79 Å². The van der Waals surface area contributed by atoms with Crippen LogP contribution in [0.25, 0.3) is 0 Å². The van der Waals surface area contributed by atoms with Crippen molar-refractivity contribution in [1.29, 1.82) is 0 Å². The van der Waals surface area contributed by atoms with Crippen molar-refractivity contribution in [3.05, 3.63) is 28.2 Å². The van der Waals surface area contributed by atoms with E-state index in [9.17, 15) is 4.79 Å². The Morgan fingerprint density at radius 3 is 2.76 bits per heavy atom. The largest absolute Gasteiger partial charge is 0.458 e. The Bertz CT molecular complexity index is 451. The maximum absolute atomic E-state index is 11.9. The Hall–Kier alpha value is -1.03. The lowest BCUT2D eigenvalue weighted by atomic mass is 10.1. The van der Waals surface area contributed by atoms with Crippen LogP contribution < -0.4 is 5.32 Å². The van der Waals surface area contributed by atoms with Crippen molar-refractivity contribution in [1.82, 2.24) is 0 Å². The minimum Gasteiger partial charge on any atom is -0.458 e. The normalized spacial score (nSPS) is 18.5. The number of esters is 1. The van der Waals surface area contributed by atoms with Gasteiger partial charge in [0.25, 0.3) is 0 Å². The van der Waals surface area contributed by atoms with Gasteiger partial charge in [-0.15, -0.1) is 0 Å². The molecule has 0 fully saturated rings. The molecule has 0 amide bonds. The van der Waals surface area contributed by atoms with Crippen LogP contribution in [0.2, 0.25) is 0 Å². The standard InChI is InChI=1S/C13H16BrNO2/c1-13(2,3)17-12(16)11-7-8-9(14)5-4-6-10(8)15-11/h4-6,11,15H,7H2,1-3H3. The highest BCUT2D eigenvalue weighted by Crippen LogP contribution is 2.32. The van der Waals surface area contributed by atoms with Crippen LogP contribution in [0.1, 0.15) is 26.3 Å². The number of carbonyl (C=O) groups is 1. The minimum absolute atomic E-state index is 0.194. The Kier molecular flexibility index (Phi) is 3.17. The lowest BCUT2D eigenvalue weighted by Gasteiger charge is -2.22. The highest BCUT2D eigenvalue weighted by molar-refractivity contribution is 9.10. The van der Waals surface area contributed by atoms with E-state index in [0.29, 0.717) is 6.42 Å². The summed E-state index contributed by atoms with van der Waals surface area (Å²) in [4.78, 5) is 11.9. The molecule has 1 atom stereocenters. The number of anilines is 1. The second kappa shape index (κ2) is 4.33. The number of fused-ring (bicyclic) bond motifs is 1. The van der Waals surface area contributed by atoms with E-state index in [1.165, 1.54) is 0 Å². The lowest BCUT2D eigenvalue weighted by molar-refractivity contribution is -0.155. The van der Waals surface area contributed by atoms with Crippen molar-refractivity contribution in [2.75, 3.05) is 5.32 Å². The molecule has 92 valence electrons. The molecular formula is C13H16BrNO2. The van der Waals surface area contributed by atoms with Crippen LogP contribution in [-0.4, -0.2) is 17.6 Å². The SMILES string of the molecule is CC(C)(C)OC(=O)C1Cc2c(Br)cccc2N1. The third-order valence-corrected chi connectivity index (χ3v) is 3.29. The molecule has 0 aromatic heterocycles. The van der Waals surface area contributed by atoms with Gasteiger partial charge in [0.1, 0.15) is 11.6 Å². The van der Waals surface area contributed by atoms with Gasteiger partial charge < -0.3 is 10.1 Å². The summed E-state index contributed by atoms with van der Waals surface area (Å²) < 4.78 is 6.41. The molecule has 0 saturated carbocycles. The zero-order valence-corrected chi connectivity index (χ0v) is 11.8. The van der Waals surface area contributed by atoms with Crippen LogP contribution in [-0.2, 0) is 16.0 Å². The van der Waals surface area contributed by atoms with E-state index in [1.54, 1.807) is 0 Å². The molecule has 1 N–H and O–H groups in total. The first kappa shape index (κ1) is 12.4. The monoisotopic (exact) mass is 297 g/mol. The smallest absolute Gasteiger partial charge is 0.329 e. The van der Waals surface area contributed by atoms with Crippen molar-refractivity contribution in [3.63, 3.8) is 0 Å². The zero-order valence-electron chi connectivity index (χ0n) is 10.2. The number of rotatable bonds is 1. The van der Waals surface area contributed by atoms with Gasteiger partial charge in [0.05, 0.1) is 0 Å². The summed E-state index contributed by atoms with van der Waals surface area (Å²) in [6.45, 7) is 5.63. The molecule has 1 aromatic rings. The van der Waals surface area contributed by atoms with Gasteiger partial charge in [0.2, 0.25) is 0 Å². The van der Waals surface area contributed by atoms with Gasteiger partial charge >= 0.3 is 5.97 Å². The minimum atomic E-state index is -0.440. The summed E-state index contributed by atoms with van der Waals surface area (Å²) in [5.74, 6) is -0.194. The average molecular weight is 298 g/mol. The highest BCUT2D eigenvalue weighted by Gasteiger charge is 2.31. The summed E-state index contributed by atoms with van der Waals surface area (Å²) in [5.41, 5.74) is 1.71. The van der Waals surface area contributed by atoms with Gasteiger partial charge in [0.15, 0.2) is 0 Å². The van der Waals surface area contributed by atoms with E-state index in [-0.39, 0.29) is 12.0 Å². The molecule has 1 aliphatic rings. The van der Waals surface area contributed by atoms with E-state index in [0.717, 1.165) is 15.7 Å². The molecule has 1 aliphatic heterocycles. The van der Waals surface area contributed by atoms with Crippen LogP contribution in [0.3, 0.4) is 0 Å². The topological polar surface area (TPSA) is 38.3 Å². The zero-order chi connectivity index (χ0) is 12.6. The van der Waals surface area contributed by atoms with Crippen LogP contribution in [0.5, 0.6) is 0 Å². The van der Waals surface area contributed by atoms with Crippen molar-refractivity contribution >= 4 is 27.6 Å². The number of ether oxygens (including phenoxy) is 1. The summed E-state index contributed by atoms with van der Waals surface area (Å²) in [7, 11) is 0. The van der Waals surface area contributed by atoms with Gasteiger partial charge in [-0.3, -0.25) is 0 Å². The van der Waals surface area contributed by atoms with E-state index >= 15 is 0 Å². The summed E-state index contributed by atoms with van der Waals surface area (Å²) in [5, 5.41) is 3.19. The molecule has 0 saturated heterocycles. The number of nitrogens with one attached hydrogen (secondary N) is 1. The molecular weight excluding hydrogens is 282 g/mol. The van der Waals surface area contributed by atoms with E-state index in [4.69, 9.17) is 4.74 Å². The molecule has 0 radical (unpaired) electrons. The molecule has 0 bridgehead atoms. The van der Waals surface area contributed by atoms with Crippen molar-refractivity contribution in [2.24, 2.45) is 0 Å². The average Bonchev–Trinajstić information content (AvgIpc) is 2.60. The van der Waals surface area contributed by atoms with Crippen LogP contribution in [0, 0.1) is 0 Å². The quantitative estimate of drug-likeness (QED) is 0.810. The molecule has 1 heterocycles. The molecule has 3 nitrogen and oxygen atoms in total. The molecule has 1 unspecified atom stereocenters. The maximum Gasteiger partial charge on any atom is 0.329 e. The Labute approximate surface area is 110 Å². The third kappa shape index (κ3) is 2.80. The van der Waals surface area contributed by atoms with E-state index < -0.39 is 5.60 Å². The Balaban J connectivity index is 2.10. The molecule has 0 spiro atoms. The fraction of sp³-hybridized carbons (Fsp3) is 0.462. The first-order chi connectivity index (χ1) is 7.87. The van der Waals surface area contributed by atoms with Gasteiger partial charge in [-0.2, -0.15) is 0 Å². The number of hydrogen-bond donors (Lipinski definition) is 1. The number of carbonyl (C=O) groups excluding carboxylic acids is 1. The predicted molar refractivity (Wildman–Crippen MR) is 71.1 cm³/mol. The highest BCUT2D eigenvalue weighted by atomic mass is 79.9. The second-order valence-electron chi connectivity index (χ2n) is 5.20. The number of hydrogen-bond acceptors (Lipinski definition) is 3. The fourth-order valence-electron chi connectivity index (χ4n) is 1.86. The number of halogens is 1. The summed E-state index contributed by atoms with van der Waals surface area (Å²) in [6, 6.07) is 5.64. The fourth-order valence-corrected chi connectivity index (χ4v) is 2.39. The van der Waals surface area contributed by atoms with Crippen LogP contribution in [0.15, 0.2) is 22.7 Å². The Morgan fingerprint density at radius 1 is 1.47 bits per heavy atom. The number of benzene rings is 1. The molecule has 17 heavy (non-hydrogen) atoms. The first-order valence-corrected chi connectivity index (χ1v) is 6.43. The van der Waals surface area contributed by atoms with Crippen LogP contribution >= 0.6 is 15.9 Å². The van der Waals surface area contributed by atoms with Crippen molar-refractivity contribution in [3.8, 4) is 0 Å². The lowest BCUT2D eigenvalue weighted by Crippen LogP contribution is -2.35. The summed E-state index contributed by atoms with van der Waals surface area (Å²) in [6.07, 6.45) is 0.672. The van der Waals surface area contributed by atoms with Crippen LogP contribution in [0.4, 0.5) is 5.69 Å². The van der Waals surface area contributed by atoms with Gasteiger partial charge in [-0.05, 0) is 38.5 Å². The van der Waals surface area contributed by atoms with Gasteiger partial charge in [0, 0.05) is 16.6 Å². The second-order valence-corrected chi connectivity index (χ2v) is 6.05. The molecule has 2 rings (SSSR count). The third-order valence-electron chi connectivity index (χ3n) is 2.55. The maximum atomic E-state index is 11.9. The van der Waals surface area contributed by atoms with Gasteiger partial charge in [-0.1, -0.05) is 22.0 Å². The van der Waals surface area contributed by atoms with E-state index in [1.807, 2.05) is 39.0 Å². The van der Waals surface area contributed by atoms with E-state index in [2.05, 4.69) is 21.2 Å². The summed E-state index contributed by atoms with van der Waals surface area (Å²) >= 11 is 3.49. The predicted octanol–water partition coefficient (Wildman–Crippen LogP) is 3.13. The molecule has 4 heteroatoms. The molecule has 0 aliphatic carbocycles. The Morgan fingerprint density at radius 2 is 2.18 bits per heavy atom. The van der Waals surface area contributed by atoms with Crippen molar-refractivity contribution < 1.29 is 9.53 Å². The van der Waals surface area contributed by atoms with Crippen molar-refractivity contribution in [2.45, 2.75) is 38.8 Å². The molecule has 1 aromatic carbocycles. The first-order valence-electron chi connectivity index (χ1n) is 5.63.